The third kappa shape index (κ3) is 2.78. The predicted molar refractivity (Wildman–Crippen MR) is 89.2 cm³/mol. The number of rotatable bonds is 4. The number of aromatic nitrogens is 3. The van der Waals surface area contributed by atoms with Gasteiger partial charge in [-0.1, -0.05) is 30.0 Å². The van der Waals surface area contributed by atoms with E-state index in [1.165, 1.54) is 22.7 Å². The monoisotopic (exact) mass is 314 g/mol. The molecule has 1 N–H and O–H groups in total. The number of para-hydroxylation sites is 1. The molecule has 0 unspecified atom stereocenters. The van der Waals surface area contributed by atoms with Crippen LogP contribution >= 0.6 is 11.8 Å². The Morgan fingerprint density at radius 1 is 1.32 bits per heavy atom. The maximum atomic E-state index is 11.8. The largest absolute Gasteiger partial charge is 0.353 e. The first-order valence-electron chi connectivity index (χ1n) is 7.22. The van der Waals surface area contributed by atoms with E-state index in [9.17, 15) is 4.79 Å². The average Bonchev–Trinajstić information content (AvgIpc) is 2.88. The molecule has 0 saturated carbocycles. The van der Waals surface area contributed by atoms with E-state index < -0.39 is 0 Å². The number of pyridine rings is 1. The number of carbonyl (C=O) groups is 1. The summed E-state index contributed by atoms with van der Waals surface area (Å²) in [5.41, 5.74) is 3.04. The normalized spacial score (nSPS) is 11.5. The molecule has 114 valence electrons. The first kappa shape index (κ1) is 14.8. The van der Waals surface area contributed by atoms with Crippen molar-refractivity contribution in [1.82, 2.24) is 19.9 Å². The van der Waals surface area contributed by atoms with Crippen molar-refractivity contribution in [2.45, 2.75) is 32.0 Å². The van der Waals surface area contributed by atoms with Crippen LogP contribution in [0.2, 0.25) is 0 Å². The minimum absolute atomic E-state index is 0.00756. The molecule has 6 heteroatoms. The second-order valence-corrected chi connectivity index (χ2v) is 6.47. The number of nitrogens with one attached hydrogen (secondary N) is 1. The Kier molecular flexibility index (Phi) is 4.02. The molecule has 2 aromatic heterocycles. The van der Waals surface area contributed by atoms with Crippen molar-refractivity contribution in [3.05, 3.63) is 35.9 Å². The minimum Gasteiger partial charge on any atom is -0.353 e. The third-order valence-electron chi connectivity index (χ3n) is 3.36. The number of aryl methyl sites for hydroxylation is 1. The number of amides is 1. The van der Waals surface area contributed by atoms with Crippen molar-refractivity contribution in [1.29, 1.82) is 0 Å². The Hall–Kier alpha value is -2.08. The van der Waals surface area contributed by atoms with Gasteiger partial charge in [0, 0.05) is 11.4 Å². The number of carbonyl (C=O) groups excluding carboxylic acids is 1. The van der Waals surface area contributed by atoms with Gasteiger partial charge in [0.15, 0.2) is 10.8 Å². The Bertz CT molecular complexity index is 841. The molecule has 5 nitrogen and oxygen atoms in total. The summed E-state index contributed by atoms with van der Waals surface area (Å²) >= 11 is 1.40. The van der Waals surface area contributed by atoms with Crippen LogP contribution in [0.4, 0.5) is 0 Å². The Morgan fingerprint density at radius 2 is 2.09 bits per heavy atom. The molecule has 0 bridgehead atoms. The first-order valence-corrected chi connectivity index (χ1v) is 8.20. The lowest BCUT2D eigenvalue weighted by molar-refractivity contribution is -0.119. The van der Waals surface area contributed by atoms with E-state index in [1.54, 1.807) is 0 Å². The number of benzene rings is 1. The highest BCUT2D eigenvalue weighted by molar-refractivity contribution is 7.99. The molecular weight excluding hydrogens is 296 g/mol. The summed E-state index contributed by atoms with van der Waals surface area (Å²) in [7, 11) is 0. The van der Waals surface area contributed by atoms with E-state index in [2.05, 4.69) is 34.6 Å². The summed E-state index contributed by atoms with van der Waals surface area (Å²) in [4.78, 5) is 11.8. The summed E-state index contributed by atoms with van der Waals surface area (Å²) in [5, 5.41) is 13.3. The van der Waals surface area contributed by atoms with Gasteiger partial charge in [0.1, 0.15) is 0 Å². The lowest BCUT2D eigenvalue weighted by atomic mass is 10.1. The van der Waals surface area contributed by atoms with Gasteiger partial charge >= 0.3 is 0 Å². The standard InChI is InChI=1S/C16H18N4OS/c1-10(2)17-15(21)9-22-16-19-18-14-8-11(3)12-6-4-5-7-13(12)20(14)16/h4-8,10H,9H2,1-3H3,(H,17,21). The van der Waals surface area contributed by atoms with Crippen LogP contribution in [-0.4, -0.2) is 32.3 Å². The zero-order chi connectivity index (χ0) is 15.7. The molecule has 22 heavy (non-hydrogen) atoms. The average molecular weight is 314 g/mol. The van der Waals surface area contributed by atoms with Crippen LogP contribution in [0.5, 0.6) is 0 Å². The first-order chi connectivity index (χ1) is 10.6. The van der Waals surface area contributed by atoms with Gasteiger partial charge in [0.05, 0.1) is 11.3 Å². The number of nitrogens with zero attached hydrogens (tertiary/aromatic N) is 3. The van der Waals surface area contributed by atoms with Crippen molar-refractivity contribution >= 4 is 34.2 Å². The number of hydrogen-bond acceptors (Lipinski definition) is 4. The molecule has 2 heterocycles. The van der Waals surface area contributed by atoms with Gasteiger partial charge in [-0.25, -0.2) is 0 Å². The van der Waals surface area contributed by atoms with E-state index in [0.717, 1.165) is 16.3 Å². The fraction of sp³-hybridized carbons (Fsp3) is 0.312. The van der Waals surface area contributed by atoms with E-state index in [-0.39, 0.29) is 11.9 Å². The third-order valence-corrected chi connectivity index (χ3v) is 4.28. The van der Waals surface area contributed by atoms with Crippen LogP contribution in [0.3, 0.4) is 0 Å². The van der Waals surface area contributed by atoms with E-state index in [4.69, 9.17) is 0 Å². The van der Waals surface area contributed by atoms with Gasteiger partial charge in [0.25, 0.3) is 0 Å². The lowest BCUT2D eigenvalue weighted by Crippen LogP contribution is -2.31. The van der Waals surface area contributed by atoms with Crippen LogP contribution in [-0.2, 0) is 4.79 Å². The quantitative estimate of drug-likeness (QED) is 0.752. The molecule has 3 rings (SSSR count). The number of thioether (sulfide) groups is 1. The summed E-state index contributed by atoms with van der Waals surface area (Å²) in [6.45, 7) is 5.97. The summed E-state index contributed by atoms with van der Waals surface area (Å²) in [6, 6.07) is 10.3. The van der Waals surface area contributed by atoms with E-state index in [1.807, 2.05) is 36.4 Å². The highest BCUT2D eigenvalue weighted by atomic mass is 32.2. The minimum atomic E-state index is 0.00756. The lowest BCUT2D eigenvalue weighted by Gasteiger charge is -2.08. The van der Waals surface area contributed by atoms with E-state index in [0.29, 0.717) is 5.75 Å². The second-order valence-electron chi connectivity index (χ2n) is 5.53. The molecular formula is C16H18N4OS. The van der Waals surface area contributed by atoms with Crippen LogP contribution in [0.1, 0.15) is 19.4 Å². The highest BCUT2D eigenvalue weighted by Crippen LogP contribution is 2.25. The molecule has 0 radical (unpaired) electrons. The van der Waals surface area contributed by atoms with Crippen LogP contribution in [0.15, 0.2) is 35.5 Å². The maximum absolute atomic E-state index is 11.8. The Balaban J connectivity index is 1.98. The molecule has 0 atom stereocenters. The Morgan fingerprint density at radius 3 is 2.86 bits per heavy atom. The molecule has 1 amide bonds. The van der Waals surface area contributed by atoms with Crippen molar-refractivity contribution in [2.24, 2.45) is 0 Å². The summed E-state index contributed by atoms with van der Waals surface area (Å²) < 4.78 is 2.01. The van der Waals surface area contributed by atoms with Crippen molar-refractivity contribution in [2.75, 3.05) is 5.75 Å². The molecule has 3 aromatic rings. The van der Waals surface area contributed by atoms with Gasteiger partial charge in [0.2, 0.25) is 5.91 Å². The van der Waals surface area contributed by atoms with Gasteiger partial charge in [-0.2, -0.15) is 0 Å². The fourth-order valence-corrected chi connectivity index (χ4v) is 3.23. The predicted octanol–water partition coefficient (Wildman–Crippen LogP) is 2.81. The SMILES string of the molecule is Cc1cc2nnc(SCC(=O)NC(C)C)n2c2ccccc12. The molecule has 0 saturated heterocycles. The van der Waals surface area contributed by atoms with Gasteiger partial charge < -0.3 is 5.32 Å². The summed E-state index contributed by atoms with van der Waals surface area (Å²) in [5.74, 6) is 0.342. The van der Waals surface area contributed by atoms with Crippen LogP contribution in [0.25, 0.3) is 16.6 Å². The number of hydrogen-bond donors (Lipinski definition) is 1. The van der Waals surface area contributed by atoms with Crippen molar-refractivity contribution < 1.29 is 4.79 Å². The number of fused-ring (bicyclic) bond motifs is 3. The van der Waals surface area contributed by atoms with E-state index >= 15 is 0 Å². The molecule has 0 aliphatic heterocycles. The maximum Gasteiger partial charge on any atom is 0.230 e. The smallest absolute Gasteiger partial charge is 0.230 e. The highest BCUT2D eigenvalue weighted by Gasteiger charge is 2.13. The Labute approximate surface area is 133 Å². The van der Waals surface area contributed by atoms with Gasteiger partial charge in [-0.05, 0) is 38.5 Å². The van der Waals surface area contributed by atoms with Crippen LogP contribution in [0, 0.1) is 6.92 Å². The summed E-state index contributed by atoms with van der Waals surface area (Å²) in [6.07, 6.45) is 0. The van der Waals surface area contributed by atoms with Gasteiger partial charge in [-0.3, -0.25) is 9.20 Å². The second kappa shape index (κ2) is 5.96. The zero-order valence-corrected chi connectivity index (χ0v) is 13.6. The molecule has 0 fully saturated rings. The topological polar surface area (TPSA) is 59.3 Å². The van der Waals surface area contributed by atoms with Gasteiger partial charge in [-0.15, -0.1) is 10.2 Å². The molecule has 0 aliphatic rings. The molecule has 1 aromatic carbocycles. The van der Waals surface area contributed by atoms with Crippen molar-refractivity contribution in [3.63, 3.8) is 0 Å². The van der Waals surface area contributed by atoms with Crippen molar-refractivity contribution in [3.8, 4) is 0 Å². The van der Waals surface area contributed by atoms with Crippen LogP contribution < -0.4 is 5.32 Å². The zero-order valence-electron chi connectivity index (χ0n) is 12.8. The molecule has 0 spiro atoms. The molecule has 0 aliphatic carbocycles. The fourth-order valence-electron chi connectivity index (χ4n) is 2.46.